The number of hydrogen-bond acceptors (Lipinski definition) is 7. The predicted molar refractivity (Wildman–Crippen MR) is 122 cm³/mol. The molecule has 2 aliphatic rings. The van der Waals surface area contributed by atoms with E-state index in [1.807, 2.05) is 24.1 Å². The third-order valence-corrected chi connectivity index (χ3v) is 8.32. The van der Waals surface area contributed by atoms with Crippen LogP contribution in [0.1, 0.15) is 30.7 Å². The molecule has 1 aromatic heterocycles. The number of sulfone groups is 1. The highest BCUT2D eigenvalue weighted by Crippen LogP contribution is 2.44. The Morgan fingerprint density at radius 2 is 1.88 bits per heavy atom. The van der Waals surface area contributed by atoms with Gasteiger partial charge in [0.15, 0.2) is 5.82 Å². The van der Waals surface area contributed by atoms with Gasteiger partial charge in [-0.15, -0.1) is 0 Å². The number of hydrogen-bond donors (Lipinski definition) is 1. The Balaban J connectivity index is 1.53. The number of nitrogens with zero attached hydrogens (tertiary/aromatic N) is 2. The van der Waals surface area contributed by atoms with E-state index in [0.29, 0.717) is 42.7 Å². The van der Waals surface area contributed by atoms with Crippen LogP contribution >= 0.6 is 0 Å². The van der Waals surface area contributed by atoms with E-state index in [1.54, 1.807) is 36.4 Å². The number of carbonyl (C=O) groups is 1. The van der Waals surface area contributed by atoms with Crippen LogP contribution in [0.3, 0.4) is 0 Å². The maximum absolute atomic E-state index is 13.3. The van der Waals surface area contributed by atoms with Gasteiger partial charge in [-0.1, -0.05) is 23.4 Å². The first-order valence-corrected chi connectivity index (χ1v) is 12.4. The highest BCUT2D eigenvalue weighted by Gasteiger charge is 2.34. The highest BCUT2D eigenvalue weighted by atomic mass is 32.2. The molecule has 0 aliphatic carbocycles. The molecule has 1 amide bonds. The molecule has 3 heterocycles. The van der Waals surface area contributed by atoms with Crippen LogP contribution in [0, 0.1) is 5.92 Å². The minimum Gasteiger partial charge on any atom is -0.381 e. The first kappa shape index (κ1) is 21.7. The highest BCUT2D eigenvalue weighted by molar-refractivity contribution is 7.92. The summed E-state index contributed by atoms with van der Waals surface area (Å²) in [6.07, 6.45) is 3.82. The fourth-order valence-electron chi connectivity index (χ4n) is 4.65. The Kier molecular flexibility index (Phi) is 5.67. The van der Waals surface area contributed by atoms with Crippen LogP contribution in [0.5, 0.6) is 0 Å². The van der Waals surface area contributed by atoms with Gasteiger partial charge in [0.1, 0.15) is 6.26 Å². The van der Waals surface area contributed by atoms with E-state index < -0.39 is 15.8 Å². The van der Waals surface area contributed by atoms with Crippen molar-refractivity contribution in [1.29, 1.82) is 0 Å². The number of benzene rings is 2. The van der Waals surface area contributed by atoms with Crippen LogP contribution in [-0.4, -0.2) is 39.7 Å². The number of aromatic nitrogens is 1. The van der Waals surface area contributed by atoms with E-state index in [9.17, 15) is 13.2 Å². The molecule has 2 aromatic carbocycles. The van der Waals surface area contributed by atoms with Crippen LogP contribution in [0.25, 0.3) is 0 Å². The molecular weight excluding hydrogens is 442 g/mol. The van der Waals surface area contributed by atoms with Gasteiger partial charge < -0.3 is 19.5 Å². The van der Waals surface area contributed by atoms with Gasteiger partial charge in [-0.2, -0.15) is 0 Å². The molecule has 8 nitrogen and oxygen atoms in total. The second kappa shape index (κ2) is 8.64. The van der Waals surface area contributed by atoms with Crippen molar-refractivity contribution in [3.05, 3.63) is 60.4 Å². The molecule has 1 saturated heterocycles. The van der Waals surface area contributed by atoms with Crippen molar-refractivity contribution in [1.82, 2.24) is 5.16 Å². The fraction of sp³-hybridized carbons (Fsp3) is 0.333. The second-order valence-corrected chi connectivity index (χ2v) is 10.4. The summed E-state index contributed by atoms with van der Waals surface area (Å²) >= 11 is 0. The Hall–Kier alpha value is -3.17. The van der Waals surface area contributed by atoms with Gasteiger partial charge in [0, 0.05) is 26.3 Å². The van der Waals surface area contributed by atoms with Gasteiger partial charge in [0.25, 0.3) is 0 Å². The summed E-state index contributed by atoms with van der Waals surface area (Å²) in [7, 11) is -1.80. The van der Waals surface area contributed by atoms with E-state index >= 15 is 0 Å². The summed E-state index contributed by atoms with van der Waals surface area (Å²) in [5.41, 5.74) is 1.95. The zero-order valence-electron chi connectivity index (χ0n) is 18.2. The van der Waals surface area contributed by atoms with E-state index in [1.165, 1.54) is 6.26 Å². The monoisotopic (exact) mass is 467 g/mol. The third-order valence-electron chi connectivity index (χ3n) is 6.47. The number of fused-ring (bicyclic) bond motifs is 2. The van der Waals surface area contributed by atoms with Gasteiger partial charge >= 0.3 is 0 Å². The minimum absolute atomic E-state index is 0.197. The van der Waals surface area contributed by atoms with Crippen molar-refractivity contribution >= 4 is 32.9 Å². The van der Waals surface area contributed by atoms with E-state index in [2.05, 4.69) is 10.5 Å². The van der Waals surface area contributed by atoms with E-state index in [4.69, 9.17) is 9.26 Å². The van der Waals surface area contributed by atoms with E-state index in [-0.39, 0.29) is 15.7 Å². The molecule has 1 unspecified atom stereocenters. The third kappa shape index (κ3) is 4.02. The van der Waals surface area contributed by atoms with Crippen molar-refractivity contribution < 1.29 is 22.5 Å². The normalized spacial score (nSPS) is 18.3. The smallest absolute Gasteiger partial charge is 0.233 e. The summed E-state index contributed by atoms with van der Waals surface area (Å²) < 4.78 is 36.8. The molecule has 1 atom stereocenters. The number of anilines is 3. The molecule has 2 aliphatic heterocycles. The lowest BCUT2D eigenvalue weighted by Gasteiger charge is -2.31. The molecule has 1 N–H and O–H groups in total. The summed E-state index contributed by atoms with van der Waals surface area (Å²) in [5.74, 6) is 0.0222. The zero-order chi connectivity index (χ0) is 23.0. The lowest BCUT2D eigenvalue weighted by atomic mass is 9.84. The second-order valence-electron chi connectivity index (χ2n) is 8.48. The van der Waals surface area contributed by atoms with Crippen molar-refractivity contribution in [2.75, 3.05) is 30.5 Å². The number of ether oxygens (including phenoxy) is 1. The van der Waals surface area contributed by atoms with Gasteiger partial charge in [0.05, 0.1) is 27.1 Å². The Morgan fingerprint density at radius 1 is 1.12 bits per heavy atom. The maximum atomic E-state index is 13.3. The average molecular weight is 468 g/mol. The molecule has 5 rings (SSSR count). The number of carbonyl (C=O) groups excluding carboxylic acids is 1. The minimum atomic E-state index is -3.65. The van der Waals surface area contributed by atoms with Crippen LogP contribution in [0.4, 0.5) is 17.2 Å². The van der Waals surface area contributed by atoms with Crippen LogP contribution in [0.15, 0.2) is 69.1 Å². The Bertz CT molecular complexity index is 1270. The fourth-order valence-corrected chi connectivity index (χ4v) is 6.34. The molecule has 172 valence electrons. The summed E-state index contributed by atoms with van der Waals surface area (Å²) in [5, 5.41) is 6.62. The van der Waals surface area contributed by atoms with Gasteiger partial charge in [-0.25, -0.2) is 8.42 Å². The number of amides is 1. The number of rotatable bonds is 5. The molecule has 0 spiro atoms. The molecule has 9 heteroatoms. The van der Waals surface area contributed by atoms with Crippen molar-refractivity contribution in [2.45, 2.75) is 35.0 Å². The molecule has 0 bridgehead atoms. The zero-order valence-corrected chi connectivity index (χ0v) is 19.0. The quantitative estimate of drug-likeness (QED) is 0.602. The Morgan fingerprint density at radius 3 is 2.64 bits per heavy atom. The van der Waals surface area contributed by atoms with Crippen LogP contribution in [-0.2, 0) is 19.4 Å². The molecular formula is C24H25N3O5S. The molecule has 0 radical (unpaired) electrons. The first-order chi connectivity index (χ1) is 15.9. The molecule has 33 heavy (non-hydrogen) atoms. The van der Waals surface area contributed by atoms with Crippen molar-refractivity contribution in [2.24, 2.45) is 5.92 Å². The summed E-state index contributed by atoms with van der Waals surface area (Å²) in [6.45, 7) is 1.37. The summed E-state index contributed by atoms with van der Waals surface area (Å²) in [6, 6.07) is 13.7. The molecule has 1 fully saturated rings. The first-order valence-electron chi connectivity index (χ1n) is 11.0. The molecule has 0 saturated carbocycles. The van der Waals surface area contributed by atoms with E-state index in [0.717, 1.165) is 18.4 Å². The number of para-hydroxylation sites is 1. The van der Waals surface area contributed by atoms with Crippen LogP contribution in [0.2, 0.25) is 0 Å². The Labute approximate surface area is 192 Å². The van der Waals surface area contributed by atoms with Gasteiger partial charge in [0.2, 0.25) is 15.7 Å². The number of nitrogens with one attached hydrogen (secondary N) is 1. The SMILES string of the molecule is CN1c2ccccc2S(=O)(=O)c2ccc(C(CC3CCOCC3)C(=O)Nc3ccon3)cc21. The largest absolute Gasteiger partial charge is 0.381 e. The van der Waals surface area contributed by atoms with Crippen molar-refractivity contribution in [3.8, 4) is 0 Å². The standard InChI is InChI=1S/C24H25N3O5S/c1-27-19-4-2-3-5-21(19)33(29,30)22-7-6-17(15-20(22)27)18(14-16-8-11-31-12-9-16)24(28)25-23-10-13-32-26-23/h2-7,10,13,15-16,18H,8-9,11-12,14H2,1H3,(H,25,26,28). The molecule has 3 aromatic rings. The summed E-state index contributed by atoms with van der Waals surface area (Å²) in [4.78, 5) is 15.7. The van der Waals surface area contributed by atoms with Crippen molar-refractivity contribution in [3.63, 3.8) is 0 Å². The van der Waals surface area contributed by atoms with Gasteiger partial charge in [-0.3, -0.25) is 4.79 Å². The lowest BCUT2D eigenvalue weighted by molar-refractivity contribution is -0.118. The predicted octanol–water partition coefficient (Wildman–Crippen LogP) is 4.13. The average Bonchev–Trinajstić information content (AvgIpc) is 3.34. The lowest BCUT2D eigenvalue weighted by Crippen LogP contribution is -2.27. The van der Waals surface area contributed by atoms with Gasteiger partial charge in [-0.05, 0) is 55.0 Å². The van der Waals surface area contributed by atoms with Crippen LogP contribution < -0.4 is 10.2 Å². The maximum Gasteiger partial charge on any atom is 0.233 e. The topological polar surface area (TPSA) is 102 Å².